The summed E-state index contributed by atoms with van der Waals surface area (Å²) in [5.41, 5.74) is 1.92. The van der Waals surface area contributed by atoms with Crippen molar-refractivity contribution in [2.24, 2.45) is 0 Å². The number of halogens is 1. The second-order valence-electron chi connectivity index (χ2n) is 4.44. The molecule has 2 aromatic rings. The Hall–Kier alpha value is -1.45. The van der Waals surface area contributed by atoms with E-state index in [9.17, 15) is 4.79 Å². The molecule has 0 saturated heterocycles. The van der Waals surface area contributed by atoms with Gasteiger partial charge in [-0.05, 0) is 24.6 Å². The summed E-state index contributed by atoms with van der Waals surface area (Å²) in [6, 6.07) is 17.7. The first-order valence-corrected chi connectivity index (χ1v) is 7.03. The lowest BCUT2D eigenvalue weighted by molar-refractivity contribution is 0.0988. The molecule has 3 heteroatoms. The van der Waals surface area contributed by atoms with Gasteiger partial charge >= 0.3 is 0 Å². The Kier molecular flexibility index (Phi) is 4.88. The molecule has 0 aliphatic carbocycles. The van der Waals surface area contributed by atoms with Crippen molar-refractivity contribution in [3.05, 3.63) is 70.2 Å². The summed E-state index contributed by atoms with van der Waals surface area (Å²) < 4.78 is 0.981. The number of carbonyl (C=O) groups excluding carboxylic acids is 1. The first-order chi connectivity index (χ1) is 9.16. The van der Waals surface area contributed by atoms with Crippen LogP contribution in [0, 0.1) is 0 Å². The van der Waals surface area contributed by atoms with Gasteiger partial charge < -0.3 is 5.32 Å². The Bertz CT molecular complexity index is 536. The third kappa shape index (κ3) is 4.01. The first kappa shape index (κ1) is 14.0. The van der Waals surface area contributed by atoms with E-state index < -0.39 is 0 Å². The van der Waals surface area contributed by atoms with Crippen LogP contribution in [0.15, 0.2) is 59.1 Å². The van der Waals surface area contributed by atoms with Gasteiger partial charge in [-0.2, -0.15) is 0 Å². The molecule has 98 valence electrons. The van der Waals surface area contributed by atoms with E-state index in [2.05, 4.69) is 40.3 Å². The number of nitrogens with one attached hydrogen (secondary N) is 1. The summed E-state index contributed by atoms with van der Waals surface area (Å²) in [5, 5.41) is 3.25. The molecular formula is C16H16BrNO. The van der Waals surface area contributed by atoms with Gasteiger partial charge in [-0.3, -0.25) is 4.79 Å². The molecule has 1 atom stereocenters. The fourth-order valence-corrected chi connectivity index (χ4v) is 2.11. The molecular weight excluding hydrogens is 302 g/mol. The van der Waals surface area contributed by atoms with Crippen LogP contribution in [0.1, 0.15) is 28.9 Å². The maximum atomic E-state index is 12.0. The molecule has 0 spiro atoms. The molecule has 0 aromatic heterocycles. The predicted molar refractivity (Wildman–Crippen MR) is 81.3 cm³/mol. The van der Waals surface area contributed by atoms with Crippen LogP contribution in [0.5, 0.6) is 0 Å². The minimum Gasteiger partial charge on any atom is -0.303 e. The lowest BCUT2D eigenvalue weighted by Gasteiger charge is -2.13. The number of ketones is 1. The number of benzene rings is 2. The molecule has 0 heterocycles. The first-order valence-electron chi connectivity index (χ1n) is 6.24. The van der Waals surface area contributed by atoms with Gasteiger partial charge in [0.05, 0.1) is 6.54 Å². The minimum atomic E-state index is 0.107. The number of Topliss-reactive ketones (excluding diaryl/α,β-unsaturated/α-hetero) is 1. The fraction of sp³-hybridized carbons (Fsp3) is 0.188. The molecule has 2 rings (SSSR count). The maximum absolute atomic E-state index is 12.0. The van der Waals surface area contributed by atoms with Gasteiger partial charge in [-0.25, -0.2) is 0 Å². The Morgan fingerprint density at radius 2 is 1.74 bits per heavy atom. The summed E-state index contributed by atoms with van der Waals surface area (Å²) in [6.45, 7) is 2.40. The number of rotatable bonds is 5. The van der Waals surface area contributed by atoms with Crippen molar-refractivity contribution in [3.8, 4) is 0 Å². The van der Waals surface area contributed by atoms with E-state index in [1.807, 2.05) is 42.5 Å². The van der Waals surface area contributed by atoms with Crippen LogP contribution in [0.4, 0.5) is 0 Å². The molecule has 0 aliphatic rings. The van der Waals surface area contributed by atoms with Gasteiger partial charge in [0.2, 0.25) is 0 Å². The van der Waals surface area contributed by atoms with Gasteiger partial charge in [-0.1, -0.05) is 58.4 Å². The normalized spacial score (nSPS) is 12.1. The van der Waals surface area contributed by atoms with Crippen LogP contribution in [0.2, 0.25) is 0 Å². The van der Waals surface area contributed by atoms with Crippen LogP contribution >= 0.6 is 15.9 Å². The van der Waals surface area contributed by atoms with E-state index in [1.54, 1.807) is 0 Å². The zero-order valence-electron chi connectivity index (χ0n) is 10.8. The highest BCUT2D eigenvalue weighted by Gasteiger charge is 2.09. The van der Waals surface area contributed by atoms with E-state index >= 15 is 0 Å². The maximum Gasteiger partial charge on any atom is 0.176 e. The van der Waals surface area contributed by atoms with Crippen LogP contribution in [0.3, 0.4) is 0 Å². The molecule has 0 fully saturated rings. The number of hydrogen-bond donors (Lipinski definition) is 1. The Balaban J connectivity index is 1.92. The summed E-state index contributed by atoms with van der Waals surface area (Å²) in [4.78, 5) is 12.0. The molecule has 0 amide bonds. The highest BCUT2D eigenvalue weighted by Crippen LogP contribution is 2.13. The SMILES string of the molecule is CC(NCC(=O)c1ccc(Br)cc1)c1ccccc1. The van der Waals surface area contributed by atoms with Crippen molar-refractivity contribution in [3.63, 3.8) is 0 Å². The van der Waals surface area contributed by atoms with Crippen LogP contribution in [-0.2, 0) is 0 Å². The van der Waals surface area contributed by atoms with Gasteiger partial charge in [0.15, 0.2) is 5.78 Å². The highest BCUT2D eigenvalue weighted by atomic mass is 79.9. The minimum absolute atomic E-state index is 0.107. The summed E-state index contributed by atoms with van der Waals surface area (Å²) in [6.07, 6.45) is 0. The average molecular weight is 318 g/mol. The summed E-state index contributed by atoms with van der Waals surface area (Å²) in [5.74, 6) is 0.107. The quantitative estimate of drug-likeness (QED) is 0.845. The predicted octanol–water partition coefficient (Wildman–Crippen LogP) is 3.98. The molecule has 2 aromatic carbocycles. The smallest absolute Gasteiger partial charge is 0.176 e. The molecule has 0 bridgehead atoms. The van der Waals surface area contributed by atoms with Gasteiger partial charge in [0.25, 0.3) is 0 Å². The molecule has 1 N–H and O–H groups in total. The van der Waals surface area contributed by atoms with Crippen molar-refractivity contribution < 1.29 is 4.79 Å². The van der Waals surface area contributed by atoms with Crippen molar-refractivity contribution in [2.75, 3.05) is 6.54 Å². The van der Waals surface area contributed by atoms with Crippen molar-refractivity contribution in [1.82, 2.24) is 5.32 Å². The van der Waals surface area contributed by atoms with E-state index in [4.69, 9.17) is 0 Å². The third-order valence-electron chi connectivity index (χ3n) is 3.03. The van der Waals surface area contributed by atoms with E-state index in [0.717, 1.165) is 10.0 Å². The topological polar surface area (TPSA) is 29.1 Å². The highest BCUT2D eigenvalue weighted by molar-refractivity contribution is 9.10. The standard InChI is InChI=1S/C16H16BrNO/c1-12(13-5-3-2-4-6-13)18-11-16(19)14-7-9-15(17)10-8-14/h2-10,12,18H,11H2,1H3. The van der Waals surface area contributed by atoms with E-state index in [-0.39, 0.29) is 11.8 Å². The number of carbonyl (C=O) groups is 1. The van der Waals surface area contributed by atoms with Gasteiger partial charge in [0.1, 0.15) is 0 Å². The molecule has 0 radical (unpaired) electrons. The monoisotopic (exact) mass is 317 g/mol. The zero-order valence-corrected chi connectivity index (χ0v) is 12.4. The van der Waals surface area contributed by atoms with Crippen molar-refractivity contribution >= 4 is 21.7 Å². The second kappa shape index (κ2) is 6.64. The molecule has 19 heavy (non-hydrogen) atoms. The third-order valence-corrected chi connectivity index (χ3v) is 3.56. The Labute approximate surface area is 122 Å². The average Bonchev–Trinajstić information content (AvgIpc) is 2.46. The fourth-order valence-electron chi connectivity index (χ4n) is 1.84. The molecule has 2 nitrogen and oxygen atoms in total. The summed E-state index contributed by atoms with van der Waals surface area (Å²) >= 11 is 3.36. The van der Waals surface area contributed by atoms with E-state index in [1.165, 1.54) is 5.56 Å². The van der Waals surface area contributed by atoms with Crippen LogP contribution in [-0.4, -0.2) is 12.3 Å². The van der Waals surface area contributed by atoms with Crippen molar-refractivity contribution in [1.29, 1.82) is 0 Å². The van der Waals surface area contributed by atoms with E-state index in [0.29, 0.717) is 6.54 Å². The zero-order chi connectivity index (χ0) is 13.7. The summed E-state index contributed by atoms with van der Waals surface area (Å²) in [7, 11) is 0. The Morgan fingerprint density at radius 3 is 2.37 bits per heavy atom. The molecule has 0 saturated carbocycles. The lowest BCUT2D eigenvalue weighted by atomic mass is 10.1. The van der Waals surface area contributed by atoms with Crippen molar-refractivity contribution in [2.45, 2.75) is 13.0 Å². The van der Waals surface area contributed by atoms with Gasteiger partial charge in [0, 0.05) is 16.1 Å². The lowest BCUT2D eigenvalue weighted by Crippen LogP contribution is -2.25. The van der Waals surface area contributed by atoms with Crippen LogP contribution < -0.4 is 5.32 Å². The second-order valence-corrected chi connectivity index (χ2v) is 5.36. The van der Waals surface area contributed by atoms with Crippen LogP contribution in [0.25, 0.3) is 0 Å². The number of hydrogen-bond acceptors (Lipinski definition) is 2. The molecule has 0 aliphatic heterocycles. The molecule has 1 unspecified atom stereocenters. The largest absolute Gasteiger partial charge is 0.303 e. The Morgan fingerprint density at radius 1 is 1.11 bits per heavy atom. The van der Waals surface area contributed by atoms with Gasteiger partial charge in [-0.15, -0.1) is 0 Å².